The van der Waals surface area contributed by atoms with Crippen molar-refractivity contribution < 1.29 is 4.79 Å². The first-order valence-corrected chi connectivity index (χ1v) is 5.28. The third kappa shape index (κ3) is 4.15. The fraction of sp³-hybridized carbons (Fsp3) is 0.900. The molecule has 2 N–H and O–H groups in total. The van der Waals surface area contributed by atoms with E-state index in [0.717, 1.165) is 25.3 Å². The quantitative estimate of drug-likeness (QED) is 0.629. The first kappa shape index (κ1) is 10.4. The van der Waals surface area contributed by atoms with Crippen molar-refractivity contribution in [3.05, 3.63) is 0 Å². The van der Waals surface area contributed by atoms with Crippen LogP contribution in [0.15, 0.2) is 0 Å². The van der Waals surface area contributed by atoms with Crippen molar-refractivity contribution >= 4 is 6.03 Å². The number of nitrogens with one attached hydrogen (secondary N) is 2. The van der Waals surface area contributed by atoms with E-state index < -0.39 is 0 Å². The van der Waals surface area contributed by atoms with Gasteiger partial charge in [-0.15, -0.1) is 0 Å². The van der Waals surface area contributed by atoms with E-state index in [0.29, 0.717) is 6.04 Å². The van der Waals surface area contributed by atoms with Crippen LogP contribution in [0.4, 0.5) is 4.79 Å². The summed E-state index contributed by atoms with van der Waals surface area (Å²) in [6.07, 6.45) is 4.73. The van der Waals surface area contributed by atoms with E-state index in [-0.39, 0.29) is 6.03 Å². The van der Waals surface area contributed by atoms with Gasteiger partial charge in [0, 0.05) is 12.6 Å². The maximum atomic E-state index is 11.2. The van der Waals surface area contributed by atoms with Crippen LogP contribution < -0.4 is 10.6 Å². The molecule has 1 atom stereocenters. The van der Waals surface area contributed by atoms with Gasteiger partial charge in [0.05, 0.1) is 0 Å². The van der Waals surface area contributed by atoms with Crippen LogP contribution >= 0.6 is 0 Å². The van der Waals surface area contributed by atoms with Gasteiger partial charge in [-0.1, -0.05) is 13.3 Å². The first-order valence-electron chi connectivity index (χ1n) is 5.28. The molecule has 76 valence electrons. The SMILES string of the molecule is CCCCNC(=O)NC(C)C1CC1. The lowest BCUT2D eigenvalue weighted by molar-refractivity contribution is 0.236. The Kier molecular flexibility index (Phi) is 4.06. The molecule has 0 aromatic heterocycles. The molecule has 0 aromatic rings. The van der Waals surface area contributed by atoms with Gasteiger partial charge in [0.15, 0.2) is 0 Å². The Morgan fingerprint density at radius 3 is 2.77 bits per heavy atom. The fourth-order valence-electron chi connectivity index (χ4n) is 1.35. The molecule has 0 bridgehead atoms. The van der Waals surface area contributed by atoms with Crippen molar-refractivity contribution in [2.24, 2.45) is 5.92 Å². The second kappa shape index (κ2) is 5.10. The highest BCUT2D eigenvalue weighted by atomic mass is 16.2. The molecule has 2 amide bonds. The number of hydrogen-bond acceptors (Lipinski definition) is 1. The molecule has 1 unspecified atom stereocenters. The van der Waals surface area contributed by atoms with Crippen molar-refractivity contribution in [2.75, 3.05) is 6.54 Å². The molecule has 0 aromatic carbocycles. The van der Waals surface area contributed by atoms with E-state index in [1.165, 1.54) is 12.8 Å². The molecule has 0 saturated heterocycles. The molecular formula is C10H20N2O. The number of urea groups is 1. The average Bonchev–Trinajstić information content (AvgIpc) is 2.86. The third-order valence-electron chi connectivity index (χ3n) is 2.50. The maximum absolute atomic E-state index is 11.2. The zero-order valence-electron chi connectivity index (χ0n) is 8.60. The fourth-order valence-corrected chi connectivity index (χ4v) is 1.35. The second-order valence-electron chi connectivity index (χ2n) is 3.88. The summed E-state index contributed by atoms with van der Waals surface area (Å²) in [5, 5.41) is 5.80. The van der Waals surface area contributed by atoms with Crippen molar-refractivity contribution in [3.8, 4) is 0 Å². The lowest BCUT2D eigenvalue weighted by Gasteiger charge is -2.13. The highest BCUT2D eigenvalue weighted by molar-refractivity contribution is 5.74. The normalized spacial score (nSPS) is 18.0. The minimum absolute atomic E-state index is 0.00662. The molecule has 1 aliphatic rings. The molecule has 1 rings (SSSR count). The van der Waals surface area contributed by atoms with E-state index in [4.69, 9.17) is 0 Å². The molecule has 0 radical (unpaired) electrons. The van der Waals surface area contributed by atoms with Gasteiger partial charge in [0.2, 0.25) is 0 Å². The van der Waals surface area contributed by atoms with E-state index >= 15 is 0 Å². The highest BCUT2D eigenvalue weighted by Gasteiger charge is 2.28. The monoisotopic (exact) mass is 184 g/mol. The predicted molar refractivity (Wildman–Crippen MR) is 53.6 cm³/mol. The van der Waals surface area contributed by atoms with Crippen LogP contribution in [0.3, 0.4) is 0 Å². The Morgan fingerprint density at radius 2 is 2.23 bits per heavy atom. The molecule has 3 heteroatoms. The van der Waals surface area contributed by atoms with Crippen molar-refractivity contribution in [1.82, 2.24) is 10.6 Å². The van der Waals surface area contributed by atoms with Crippen molar-refractivity contribution in [3.63, 3.8) is 0 Å². The number of carbonyl (C=O) groups is 1. The summed E-state index contributed by atoms with van der Waals surface area (Å²) in [5.74, 6) is 0.733. The van der Waals surface area contributed by atoms with Crippen LogP contribution in [0.2, 0.25) is 0 Å². The summed E-state index contributed by atoms with van der Waals surface area (Å²) in [4.78, 5) is 11.2. The molecule has 1 fully saturated rings. The van der Waals surface area contributed by atoms with Crippen LogP contribution in [0.25, 0.3) is 0 Å². The largest absolute Gasteiger partial charge is 0.338 e. The minimum Gasteiger partial charge on any atom is -0.338 e. The first-order chi connectivity index (χ1) is 6.24. The Hall–Kier alpha value is -0.730. The van der Waals surface area contributed by atoms with Crippen LogP contribution in [0, 0.1) is 5.92 Å². The van der Waals surface area contributed by atoms with Gasteiger partial charge in [0.1, 0.15) is 0 Å². The van der Waals surface area contributed by atoms with Gasteiger partial charge < -0.3 is 10.6 Å². The molecule has 1 aliphatic carbocycles. The summed E-state index contributed by atoms with van der Waals surface area (Å²) in [7, 11) is 0. The molecular weight excluding hydrogens is 164 g/mol. The number of hydrogen-bond donors (Lipinski definition) is 2. The predicted octanol–water partition coefficient (Wildman–Crippen LogP) is 1.88. The Balaban J connectivity index is 2.02. The number of rotatable bonds is 5. The van der Waals surface area contributed by atoms with Gasteiger partial charge in [-0.05, 0) is 32.1 Å². The average molecular weight is 184 g/mol. The summed E-state index contributed by atoms with van der Waals surface area (Å²) in [6.45, 7) is 4.99. The van der Waals surface area contributed by atoms with Crippen LogP contribution in [-0.4, -0.2) is 18.6 Å². The minimum atomic E-state index is -0.00662. The number of unbranched alkanes of at least 4 members (excludes halogenated alkanes) is 1. The van der Waals surface area contributed by atoms with E-state index in [1.54, 1.807) is 0 Å². The van der Waals surface area contributed by atoms with Crippen LogP contribution in [-0.2, 0) is 0 Å². The maximum Gasteiger partial charge on any atom is 0.315 e. The Labute approximate surface area is 80.3 Å². The summed E-state index contributed by atoms with van der Waals surface area (Å²) < 4.78 is 0. The summed E-state index contributed by atoms with van der Waals surface area (Å²) >= 11 is 0. The van der Waals surface area contributed by atoms with Gasteiger partial charge in [0.25, 0.3) is 0 Å². The second-order valence-corrected chi connectivity index (χ2v) is 3.88. The Morgan fingerprint density at radius 1 is 1.54 bits per heavy atom. The molecule has 0 spiro atoms. The number of carbonyl (C=O) groups excluding carboxylic acids is 1. The summed E-state index contributed by atoms with van der Waals surface area (Å²) in [6, 6.07) is 0.342. The van der Waals surface area contributed by atoms with E-state index in [2.05, 4.69) is 24.5 Å². The highest BCUT2D eigenvalue weighted by Crippen LogP contribution is 2.32. The molecule has 3 nitrogen and oxygen atoms in total. The molecule has 1 saturated carbocycles. The topological polar surface area (TPSA) is 41.1 Å². The molecule has 0 heterocycles. The van der Waals surface area contributed by atoms with Gasteiger partial charge in [-0.2, -0.15) is 0 Å². The summed E-state index contributed by atoms with van der Waals surface area (Å²) in [5.41, 5.74) is 0. The zero-order valence-corrected chi connectivity index (χ0v) is 8.60. The van der Waals surface area contributed by atoms with Crippen molar-refractivity contribution in [1.29, 1.82) is 0 Å². The van der Waals surface area contributed by atoms with Crippen LogP contribution in [0.1, 0.15) is 39.5 Å². The number of amides is 2. The standard InChI is InChI=1S/C10H20N2O/c1-3-4-7-11-10(13)12-8(2)9-5-6-9/h8-9H,3-7H2,1-2H3,(H2,11,12,13). The molecule has 0 aliphatic heterocycles. The lowest BCUT2D eigenvalue weighted by atomic mass is 10.2. The lowest BCUT2D eigenvalue weighted by Crippen LogP contribution is -2.41. The molecule has 13 heavy (non-hydrogen) atoms. The van der Waals surface area contributed by atoms with Crippen LogP contribution in [0.5, 0.6) is 0 Å². The Bertz CT molecular complexity index is 166. The smallest absolute Gasteiger partial charge is 0.315 e. The third-order valence-corrected chi connectivity index (χ3v) is 2.50. The zero-order chi connectivity index (χ0) is 9.68. The van der Waals surface area contributed by atoms with E-state index in [1.807, 2.05) is 0 Å². The van der Waals surface area contributed by atoms with Gasteiger partial charge in [-0.25, -0.2) is 4.79 Å². The van der Waals surface area contributed by atoms with Gasteiger partial charge in [-0.3, -0.25) is 0 Å². The van der Waals surface area contributed by atoms with E-state index in [9.17, 15) is 4.79 Å². The van der Waals surface area contributed by atoms with Crippen molar-refractivity contribution in [2.45, 2.75) is 45.6 Å². The van der Waals surface area contributed by atoms with Gasteiger partial charge >= 0.3 is 6.03 Å².